The third-order valence-corrected chi connectivity index (χ3v) is 5.74. The van der Waals surface area contributed by atoms with E-state index in [0.717, 1.165) is 0 Å². The number of nitrogens with zero attached hydrogens (tertiary/aromatic N) is 3. The molecule has 2 aliphatic rings. The SMILES string of the molecule is CC(=O)N(C)C1CCN(CC(=O)N2c3ccccc3NC(=O)CC2C(F)(F)F)CC1. The van der Waals surface area contributed by atoms with Crippen LogP contribution in [0, 0.1) is 0 Å². The maximum atomic E-state index is 13.8. The number of hydrogen-bond acceptors (Lipinski definition) is 4. The number of carbonyl (C=O) groups excluding carboxylic acids is 3. The average molecular weight is 426 g/mol. The fraction of sp³-hybridized carbons (Fsp3) is 0.550. The zero-order chi connectivity index (χ0) is 22.1. The summed E-state index contributed by atoms with van der Waals surface area (Å²) in [6.45, 7) is 2.29. The average Bonchev–Trinajstić information content (AvgIpc) is 2.83. The van der Waals surface area contributed by atoms with Gasteiger partial charge in [0.2, 0.25) is 17.7 Å². The topological polar surface area (TPSA) is 73.0 Å². The number of amides is 3. The Kier molecular flexibility index (Phi) is 6.35. The summed E-state index contributed by atoms with van der Waals surface area (Å²) >= 11 is 0. The van der Waals surface area contributed by atoms with Crippen LogP contribution in [-0.4, -0.2) is 72.5 Å². The Hall–Kier alpha value is -2.62. The summed E-state index contributed by atoms with van der Waals surface area (Å²) in [5.41, 5.74) is 0.228. The van der Waals surface area contributed by atoms with E-state index in [1.807, 2.05) is 0 Å². The molecule has 1 atom stereocenters. The van der Waals surface area contributed by atoms with Crippen LogP contribution in [0.1, 0.15) is 26.2 Å². The minimum atomic E-state index is -4.75. The molecule has 0 spiro atoms. The molecule has 0 aromatic heterocycles. The second-order valence-electron chi connectivity index (χ2n) is 7.73. The van der Waals surface area contributed by atoms with Gasteiger partial charge in [-0.1, -0.05) is 12.1 Å². The van der Waals surface area contributed by atoms with Gasteiger partial charge in [-0.25, -0.2) is 0 Å². The molecule has 164 valence electrons. The Morgan fingerprint density at radius 3 is 2.43 bits per heavy atom. The highest BCUT2D eigenvalue weighted by molar-refractivity contribution is 6.05. The molecule has 30 heavy (non-hydrogen) atoms. The molecule has 0 aliphatic carbocycles. The van der Waals surface area contributed by atoms with E-state index in [2.05, 4.69) is 5.32 Å². The zero-order valence-corrected chi connectivity index (χ0v) is 16.9. The molecule has 1 aromatic carbocycles. The summed E-state index contributed by atoms with van der Waals surface area (Å²) in [6.07, 6.45) is -4.32. The van der Waals surface area contributed by atoms with E-state index >= 15 is 0 Å². The van der Waals surface area contributed by atoms with E-state index in [1.165, 1.54) is 25.1 Å². The predicted octanol–water partition coefficient (Wildman–Crippen LogP) is 2.24. The smallest absolute Gasteiger partial charge is 0.343 e. The van der Waals surface area contributed by atoms with E-state index in [9.17, 15) is 27.6 Å². The van der Waals surface area contributed by atoms with Crippen LogP contribution in [0.15, 0.2) is 24.3 Å². The van der Waals surface area contributed by atoms with E-state index in [4.69, 9.17) is 0 Å². The lowest BCUT2D eigenvalue weighted by molar-refractivity contribution is -0.158. The van der Waals surface area contributed by atoms with Crippen molar-refractivity contribution in [2.75, 3.05) is 36.9 Å². The third kappa shape index (κ3) is 4.75. The van der Waals surface area contributed by atoms with Crippen LogP contribution in [0.5, 0.6) is 0 Å². The first-order valence-corrected chi connectivity index (χ1v) is 9.81. The number of alkyl halides is 3. The van der Waals surface area contributed by atoms with Crippen LogP contribution < -0.4 is 10.2 Å². The minimum absolute atomic E-state index is 0.0434. The molecular weight excluding hydrogens is 401 g/mol. The number of halogens is 3. The molecule has 1 unspecified atom stereocenters. The summed E-state index contributed by atoms with van der Waals surface area (Å²) in [5, 5.41) is 2.46. The van der Waals surface area contributed by atoms with Gasteiger partial charge in [0.25, 0.3) is 0 Å². The number of carbonyl (C=O) groups is 3. The molecule has 1 saturated heterocycles. The number of fused-ring (bicyclic) bond motifs is 1. The van der Waals surface area contributed by atoms with Crippen molar-refractivity contribution in [1.82, 2.24) is 9.80 Å². The first-order valence-electron chi connectivity index (χ1n) is 9.81. The van der Waals surface area contributed by atoms with E-state index < -0.39 is 30.5 Å². The van der Waals surface area contributed by atoms with Crippen LogP contribution in [0.25, 0.3) is 0 Å². The van der Waals surface area contributed by atoms with Gasteiger partial charge in [0, 0.05) is 33.1 Å². The van der Waals surface area contributed by atoms with Crippen LogP contribution in [0.2, 0.25) is 0 Å². The Balaban J connectivity index is 1.79. The molecule has 3 amide bonds. The fourth-order valence-corrected chi connectivity index (χ4v) is 3.99. The van der Waals surface area contributed by atoms with Gasteiger partial charge in [-0.2, -0.15) is 13.2 Å². The van der Waals surface area contributed by atoms with Crippen molar-refractivity contribution in [3.63, 3.8) is 0 Å². The highest BCUT2D eigenvalue weighted by Crippen LogP contribution is 2.37. The number of rotatable bonds is 3. The van der Waals surface area contributed by atoms with E-state index in [-0.39, 0.29) is 29.9 Å². The summed E-state index contributed by atoms with van der Waals surface area (Å²) in [4.78, 5) is 40.8. The third-order valence-electron chi connectivity index (χ3n) is 5.74. The van der Waals surface area contributed by atoms with Crippen molar-refractivity contribution in [1.29, 1.82) is 0 Å². The molecule has 3 rings (SSSR count). The van der Waals surface area contributed by atoms with Crippen LogP contribution in [-0.2, 0) is 14.4 Å². The molecule has 10 heteroatoms. The summed E-state index contributed by atoms with van der Waals surface area (Å²) in [5.74, 6) is -1.54. The minimum Gasteiger partial charge on any atom is -0.343 e. The van der Waals surface area contributed by atoms with Crippen molar-refractivity contribution in [2.45, 2.75) is 44.4 Å². The highest BCUT2D eigenvalue weighted by atomic mass is 19.4. The molecular formula is C20H25F3N4O3. The van der Waals surface area contributed by atoms with Gasteiger partial charge in [0.15, 0.2) is 0 Å². The fourth-order valence-electron chi connectivity index (χ4n) is 3.99. The standard InChI is InChI=1S/C20H25F3N4O3/c1-13(28)25(2)14-7-9-26(10-8-14)12-19(30)27-16-6-4-3-5-15(16)24-18(29)11-17(27)20(21,22)23/h3-6,14,17H,7-12H2,1-2H3,(H,24,29). The van der Waals surface area contributed by atoms with Gasteiger partial charge in [-0.15, -0.1) is 0 Å². The van der Waals surface area contributed by atoms with Crippen LogP contribution in [0.4, 0.5) is 24.5 Å². The van der Waals surface area contributed by atoms with Gasteiger partial charge in [0.1, 0.15) is 6.04 Å². The van der Waals surface area contributed by atoms with Crippen LogP contribution in [0.3, 0.4) is 0 Å². The van der Waals surface area contributed by atoms with Crippen molar-refractivity contribution < 1.29 is 27.6 Å². The number of likely N-dealkylation sites (tertiary alicyclic amines) is 1. The van der Waals surface area contributed by atoms with Gasteiger partial charge in [-0.05, 0) is 25.0 Å². The van der Waals surface area contributed by atoms with E-state index in [1.54, 1.807) is 22.9 Å². The van der Waals surface area contributed by atoms with Crippen molar-refractivity contribution in [3.8, 4) is 0 Å². The van der Waals surface area contributed by atoms with Crippen molar-refractivity contribution in [3.05, 3.63) is 24.3 Å². The summed E-state index contributed by atoms with van der Waals surface area (Å²) in [7, 11) is 1.72. The first-order chi connectivity index (χ1) is 14.1. The summed E-state index contributed by atoms with van der Waals surface area (Å²) in [6, 6.07) is 3.84. The van der Waals surface area contributed by atoms with E-state index in [0.29, 0.717) is 30.8 Å². The maximum absolute atomic E-state index is 13.8. The lowest BCUT2D eigenvalue weighted by Crippen LogP contribution is -2.54. The molecule has 0 saturated carbocycles. The quantitative estimate of drug-likeness (QED) is 0.805. The Morgan fingerprint density at radius 1 is 1.20 bits per heavy atom. The Morgan fingerprint density at radius 2 is 1.83 bits per heavy atom. The monoisotopic (exact) mass is 426 g/mol. The van der Waals surface area contributed by atoms with Gasteiger partial charge in [0.05, 0.1) is 24.3 Å². The highest BCUT2D eigenvalue weighted by Gasteiger charge is 2.49. The Bertz CT molecular complexity index is 822. The number of para-hydroxylation sites is 2. The second kappa shape index (κ2) is 8.63. The maximum Gasteiger partial charge on any atom is 0.409 e. The molecule has 0 bridgehead atoms. The number of piperidine rings is 1. The lowest BCUT2D eigenvalue weighted by Gasteiger charge is -2.38. The second-order valence-corrected chi connectivity index (χ2v) is 7.73. The molecule has 2 aliphatic heterocycles. The van der Waals surface area contributed by atoms with Crippen molar-refractivity contribution >= 4 is 29.1 Å². The first kappa shape index (κ1) is 22.1. The van der Waals surface area contributed by atoms with Gasteiger partial charge in [-0.3, -0.25) is 24.2 Å². The number of anilines is 2. The largest absolute Gasteiger partial charge is 0.409 e. The number of benzene rings is 1. The molecule has 2 heterocycles. The predicted molar refractivity (Wildman–Crippen MR) is 105 cm³/mol. The number of hydrogen-bond donors (Lipinski definition) is 1. The zero-order valence-electron chi connectivity index (χ0n) is 16.9. The molecule has 1 fully saturated rings. The lowest BCUT2D eigenvalue weighted by atomic mass is 10.0. The number of nitrogens with one attached hydrogen (secondary N) is 1. The molecule has 1 aromatic rings. The normalized spacial score (nSPS) is 20.9. The van der Waals surface area contributed by atoms with Gasteiger partial charge >= 0.3 is 6.18 Å². The molecule has 1 N–H and O–H groups in total. The Labute approximate surface area is 172 Å². The molecule has 0 radical (unpaired) electrons. The molecule has 7 nitrogen and oxygen atoms in total. The van der Waals surface area contributed by atoms with Gasteiger partial charge < -0.3 is 10.2 Å². The summed E-state index contributed by atoms with van der Waals surface area (Å²) < 4.78 is 41.3. The van der Waals surface area contributed by atoms with Crippen molar-refractivity contribution in [2.24, 2.45) is 0 Å². The van der Waals surface area contributed by atoms with Crippen LogP contribution >= 0.6 is 0 Å².